The zero-order chi connectivity index (χ0) is 31.7. The minimum Gasteiger partial charge on any atom is -0.273 e. The zero-order valence-electron chi connectivity index (χ0n) is 26.3. The van der Waals surface area contributed by atoms with Gasteiger partial charge in [-0.2, -0.15) is 0 Å². The SMILES string of the molecule is CCC(CC)CN(NC(=O)[C@H](CC(C)C)[C@H](C/C=C/c1ccccc1)C(=O)NOCc1ccccc1)C(=O)Cn1ccnn1. The molecule has 0 aliphatic rings. The summed E-state index contributed by atoms with van der Waals surface area (Å²) >= 11 is 0. The molecule has 3 rings (SSSR count). The van der Waals surface area contributed by atoms with Crippen molar-refractivity contribution in [1.82, 2.24) is 30.9 Å². The Morgan fingerprint density at radius 2 is 1.64 bits per heavy atom. The van der Waals surface area contributed by atoms with Gasteiger partial charge in [-0.1, -0.05) is 119 Å². The summed E-state index contributed by atoms with van der Waals surface area (Å²) in [5.74, 6) is -2.24. The molecule has 0 aliphatic carbocycles. The summed E-state index contributed by atoms with van der Waals surface area (Å²) in [6, 6.07) is 19.3. The van der Waals surface area contributed by atoms with E-state index in [-0.39, 0.29) is 42.7 Å². The van der Waals surface area contributed by atoms with Crippen molar-refractivity contribution in [2.45, 2.75) is 66.5 Å². The first kappa shape index (κ1) is 34.2. The molecule has 0 spiro atoms. The van der Waals surface area contributed by atoms with Crippen molar-refractivity contribution in [2.75, 3.05) is 6.54 Å². The van der Waals surface area contributed by atoms with Gasteiger partial charge in [-0.3, -0.25) is 29.7 Å². The fraction of sp³-hybridized carbons (Fsp3) is 0.441. The van der Waals surface area contributed by atoms with Gasteiger partial charge in [-0.15, -0.1) is 5.10 Å². The molecule has 0 fully saturated rings. The Morgan fingerprint density at radius 3 is 2.25 bits per heavy atom. The van der Waals surface area contributed by atoms with E-state index in [2.05, 4.69) is 35.1 Å². The van der Waals surface area contributed by atoms with E-state index < -0.39 is 11.8 Å². The van der Waals surface area contributed by atoms with Crippen LogP contribution in [0.4, 0.5) is 0 Å². The normalized spacial score (nSPS) is 12.8. The molecule has 0 radical (unpaired) electrons. The minimum absolute atomic E-state index is 0.0632. The molecular formula is C34H46N6O4. The van der Waals surface area contributed by atoms with Crippen LogP contribution in [0.1, 0.15) is 64.5 Å². The fourth-order valence-electron chi connectivity index (χ4n) is 4.94. The minimum atomic E-state index is -0.742. The summed E-state index contributed by atoms with van der Waals surface area (Å²) in [6.45, 7) is 8.63. The van der Waals surface area contributed by atoms with Crippen LogP contribution in [0.2, 0.25) is 0 Å². The lowest BCUT2D eigenvalue weighted by molar-refractivity contribution is -0.150. The Morgan fingerprint density at radius 1 is 0.955 bits per heavy atom. The van der Waals surface area contributed by atoms with E-state index in [1.54, 1.807) is 6.20 Å². The van der Waals surface area contributed by atoms with E-state index in [9.17, 15) is 14.4 Å². The first-order chi connectivity index (χ1) is 21.3. The summed E-state index contributed by atoms with van der Waals surface area (Å²) in [4.78, 5) is 46.7. The second kappa shape index (κ2) is 18.4. The Hall–Kier alpha value is -4.31. The highest BCUT2D eigenvalue weighted by Crippen LogP contribution is 2.26. The van der Waals surface area contributed by atoms with Gasteiger partial charge in [-0.25, -0.2) is 10.2 Å². The lowest BCUT2D eigenvalue weighted by Crippen LogP contribution is -2.53. The van der Waals surface area contributed by atoms with Crippen molar-refractivity contribution >= 4 is 23.8 Å². The second-order valence-corrected chi connectivity index (χ2v) is 11.4. The van der Waals surface area contributed by atoms with Gasteiger partial charge in [0.1, 0.15) is 6.54 Å². The number of amides is 3. The van der Waals surface area contributed by atoms with Crippen molar-refractivity contribution in [3.8, 4) is 0 Å². The Bertz CT molecular complexity index is 1290. The molecule has 236 valence electrons. The van der Waals surface area contributed by atoms with Gasteiger partial charge in [0.2, 0.25) is 11.8 Å². The number of rotatable bonds is 17. The monoisotopic (exact) mass is 602 g/mol. The van der Waals surface area contributed by atoms with Crippen LogP contribution in [-0.2, 0) is 32.4 Å². The standard InChI is InChI=1S/C34H46N6O4/c1-5-27(6-2)23-40(32(41)24-39-21-20-35-38-39)36-33(42)31(22-26(3)4)30(19-13-18-28-14-9-7-10-15-28)34(43)37-44-25-29-16-11-8-12-17-29/h7-18,20-21,26-27,30-31H,5-6,19,22-25H2,1-4H3,(H,36,42)(H,37,43)/b18-13+/t30-,31+/m0/s1. The highest BCUT2D eigenvalue weighted by molar-refractivity contribution is 5.89. The van der Waals surface area contributed by atoms with Gasteiger partial charge in [-0.05, 0) is 35.8 Å². The van der Waals surface area contributed by atoms with Gasteiger partial charge in [0.05, 0.1) is 24.6 Å². The smallest absolute Gasteiger partial charge is 0.262 e. The summed E-state index contributed by atoms with van der Waals surface area (Å²) in [7, 11) is 0. The van der Waals surface area contributed by atoms with E-state index in [0.29, 0.717) is 19.4 Å². The summed E-state index contributed by atoms with van der Waals surface area (Å²) in [5, 5.41) is 9.07. The van der Waals surface area contributed by atoms with Crippen molar-refractivity contribution in [1.29, 1.82) is 0 Å². The molecule has 2 aromatic carbocycles. The number of benzene rings is 2. The lowest BCUT2D eigenvalue weighted by atomic mass is 9.82. The molecule has 10 heteroatoms. The summed E-state index contributed by atoms with van der Waals surface area (Å²) < 4.78 is 1.43. The second-order valence-electron chi connectivity index (χ2n) is 11.4. The van der Waals surface area contributed by atoms with Gasteiger partial charge in [0.15, 0.2) is 0 Å². The number of hydrogen-bond donors (Lipinski definition) is 2. The van der Waals surface area contributed by atoms with Crippen molar-refractivity contribution in [2.24, 2.45) is 23.7 Å². The average Bonchev–Trinajstić information content (AvgIpc) is 3.54. The molecule has 0 saturated carbocycles. The van der Waals surface area contributed by atoms with Crippen LogP contribution in [-0.4, -0.2) is 44.3 Å². The van der Waals surface area contributed by atoms with E-state index in [4.69, 9.17) is 4.84 Å². The van der Waals surface area contributed by atoms with Crippen LogP contribution in [0.5, 0.6) is 0 Å². The summed E-state index contributed by atoms with van der Waals surface area (Å²) in [6.07, 6.45) is 9.41. The first-order valence-corrected chi connectivity index (χ1v) is 15.4. The number of carbonyl (C=O) groups is 3. The molecule has 1 aromatic heterocycles. The highest BCUT2D eigenvalue weighted by atomic mass is 16.6. The Kier molecular flexibility index (Phi) is 14.3. The number of hydrazine groups is 1. The quantitative estimate of drug-likeness (QED) is 0.205. The van der Waals surface area contributed by atoms with Gasteiger partial charge in [0.25, 0.3) is 5.91 Å². The third-order valence-electron chi connectivity index (χ3n) is 7.55. The topological polar surface area (TPSA) is 118 Å². The maximum atomic E-state index is 14.0. The van der Waals surface area contributed by atoms with Crippen molar-refractivity contribution in [3.63, 3.8) is 0 Å². The predicted octanol–water partition coefficient (Wildman–Crippen LogP) is 5.20. The molecule has 0 bridgehead atoms. The van der Waals surface area contributed by atoms with Crippen LogP contribution >= 0.6 is 0 Å². The number of allylic oxidation sites excluding steroid dienone is 1. The van der Waals surface area contributed by atoms with E-state index >= 15 is 0 Å². The van der Waals surface area contributed by atoms with E-state index in [1.807, 2.05) is 86.7 Å². The first-order valence-electron chi connectivity index (χ1n) is 15.4. The highest BCUT2D eigenvalue weighted by Gasteiger charge is 2.35. The molecule has 44 heavy (non-hydrogen) atoms. The Balaban J connectivity index is 1.84. The van der Waals surface area contributed by atoms with Crippen LogP contribution in [0.3, 0.4) is 0 Å². The largest absolute Gasteiger partial charge is 0.273 e. The molecule has 2 atom stereocenters. The molecule has 10 nitrogen and oxygen atoms in total. The van der Waals surface area contributed by atoms with E-state index in [0.717, 1.165) is 24.0 Å². The number of nitrogens with one attached hydrogen (secondary N) is 2. The molecule has 3 amide bonds. The molecule has 3 aromatic rings. The van der Waals surface area contributed by atoms with Crippen LogP contribution in [0.25, 0.3) is 6.08 Å². The molecule has 0 unspecified atom stereocenters. The van der Waals surface area contributed by atoms with Gasteiger partial charge >= 0.3 is 0 Å². The molecule has 1 heterocycles. The van der Waals surface area contributed by atoms with Crippen molar-refractivity contribution < 1.29 is 19.2 Å². The lowest BCUT2D eigenvalue weighted by Gasteiger charge is -2.31. The molecule has 0 aliphatic heterocycles. The zero-order valence-corrected chi connectivity index (χ0v) is 26.3. The summed E-state index contributed by atoms with van der Waals surface area (Å²) in [5.41, 5.74) is 7.39. The number of hydrogen-bond acceptors (Lipinski definition) is 6. The average molecular weight is 603 g/mol. The van der Waals surface area contributed by atoms with Crippen LogP contribution in [0, 0.1) is 23.7 Å². The number of aromatic nitrogens is 3. The third kappa shape index (κ3) is 11.4. The maximum Gasteiger partial charge on any atom is 0.262 e. The van der Waals surface area contributed by atoms with Gasteiger partial charge in [0, 0.05) is 12.7 Å². The molecule has 2 N–H and O–H groups in total. The maximum absolute atomic E-state index is 14.0. The molecular weight excluding hydrogens is 556 g/mol. The van der Waals surface area contributed by atoms with Crippen LogP contribution in [0.15, 0.2) is 79.1 Å². The van der Waals surface area contributed by atoms with E-state index in [1.165, 1.54) is 15.9 Å². The number of nitrogens with zero attached hydrogens (tertiary/aromatic N) is 4. The van der Waals surface area contributed by atoms with Gasteiger partial charge < -0.3 is 0 Å². The number of carbonyl (C=O) groups excluding carboxylic acids is 3. The third-order valence-corrected chi connectivity index (χ3v) is 7.55. The van der Waals surface area contributed by atoms with Crippen LogP contribution < -0.4 is 10.9 Å². The van der Waals surface area contributed by atoms with Crippen molar-refractivity contribution in [3.05, 3.63) is 90.3 Å². The fourth-order valence-corrected chi connectivity index (χ4v) is 4.94. The number of hydroxylamine groups is 1. The Labute approximate surface area is 260 Å². The predicted molar refractivity (Wildman–Crippen MR) is 170 cm³/mol. The molecule has 0 saturated heterocycles.